The molecule has 0 aliphatic rings. The van der Waals surface area contributed by atoms with Crippen molar-refractivity contribution in [3.63, 3.8) is 0 Å². The third-order valence-corrected chi connectivity index (χ3v) is 4.17. The molecule has 0 saturated heterocycles. The highest BCUT2D eigenvalue weighted by Crippen LogP contribution is 2.15. The maximum absolute atomic E-state index is 12.7. The summed E-state index contributed by atoms with van der Waals surface area (Å²) >= 11 is 0. The average molecular weight is 359 g/mol. The molecule has 2 aromatic rings. The van der Waals surface area contributed by atoms with Gasteiger partial charge in [-0.25, -0.2) is 9.78 Å². The Bertz CT molecular complexity index is 854. The number of aryl methyl sites for hydroxylation is 1. The molecule has 0 aliphatic carbocycles. The van der Waals surface area contributed by atoms with E-state index in [0.717, 1.165) is 4.57 Å². The number of ether oxygens (including phenoxy) is 1. The molecule has 2 rings (SSSR count). The standard InChI is InChI=1S/C13H19N4O6P/c1-9(22-3)17-8-14-11-10(17)12(18)16(13(19)15(11)2)6-4-5-7-23-24(20)21/h8-9H,4-7H2,1-3H3/p+1. The van der Waals surface area contributed by atoms with Crippen molar-refractivity contribution in [3.8, 4) is 0 Å². The molecule has 0 amide bonds. The Hall–Kier alpha value is -1.87. The summed E-state index contributed by atoms with van der Waals surface area (Å²) in [6, 6.07) is 0. The predicted octanol–water partition coefficient (Wildman–Crippen LogP) is 0.508. The molecule has 2 unspecified atom stereocenters. The fourth-order valence-corrected chi connectivity index (χ4v) is 2.68. The number of hydrogen-bond acceptors (Lipinski definition) is 6. The summed E-state index contributed by atoms with van der Waals surface area (Å²) in [5.74, 6) is 0. The van der Waals surface area contributed by atoms with E-state index in [1.165, 1.54) is 18.0 Å². The van der Waals surface area contributed by atoms with Crippen LogP contribution in [0, 0.1) is 0 Å². The van der Waals surface area contributed by atoms with Gasteiger partial charge in [0.25, 0.3) is 5.56 Å². The quantitative estimate of drug-likeness (QED) is 0.539. The lowest BCUT2D eigenvalue weighted by atomic mass is 10.3. The van der Waals surface area contributed by atoms with Gasteiger partial charge < -0.3 is 4.74 Å². The van der Waals surface area contributed by atoms with Crippen molar-refractivity contribution in [1.29, 1.82) is 0 Å². The molecular formula is C13H20N4O6P+. The Balaban J connectivity index is 2.34. The van der Waals surface area contributed by atoms with Crippen LogP contribution in [0.4, 0.5) is 0 Å². The molecule has 0 aliphatic heterocycles. The smallest absolute Gasteiger partial charge is 0.362 e. The molecule has 2 atom stereocenters. The molecule has 0 radical (unpaired) electrons. The molecule has 10 nitrogen and oxygen atoms in total. The summed E-state index contributed by atoms with van der Waals surface area (Å²) in [5.41, 5.74) is -0.312. The van der Waals surface area contributed by atoms with Crippen LogP contribution in [0.15, 0.2) is 15.9 Å². The number of imidazole rings is 1. The number of hydrogen-bond donors (Lipinski definition) is 1. The van der Waals surface area contributed by atoms with Gasteiger partial charge in [-0.05, 0) is 19.8 Å². The summed E-state index contributed by atoms with van der Waals surface area (Å²) in [5, 5.41) is 0. The van der Waals surface area contributed by atoms with E-state index in [0.29, 0.717) is 24.0 Å². The summed E-state index contributed by atoms with van der Waals surface area (Å²) in [4.78, 5) is 37.7. The molecule has 132 valence electrons. The van der Waals surface area contributed by atoms with E-state index in [4.69, 9.17) is 9.63 Å². The van der Waals surface area contributed by atoms with Crippen molar-refractivity contribution >= 4 is 19.4 Å². The van der Waals surface area contributed by atoms with E-state index in [1.54, 1.807) is 18.5 Å². The Morgan fingerprint density at radius 2 is 2.08 bits per heavy atom. The van der Waals surface area contributed by atoms with Crippen molar-refractivity contribution in [1.82, 2.24) is 18.7 Å². The van der Waals surface area contributed by atoms with Crippen LogP contribution in [0.25, 0.3) is 11.2 Å². The topological polar surface area (TPSA) is 118 Å². The van der Waals surface area contributed by atoms with Crippen LogP contribution in [0.1, 0.15) is 26.0 Å². The Kier molecular flexibility index (Phi) is 6.00. The highest BCUT2D eigenvalue weighted by molar-refractivity contribution is 7.32. The number of fused-ring (bicyclic) bond motifs is 1. The zero-order chi connectivity index (χ0) is 17.9. The minimum Gasteiger partial charge on any atom is -0.362 e. The van der Waals surface area contributed by atoms with Crippen LogP contribution < -0.4 is 11.2 Å². The SMILES string of the molecule is COC(C)n1cnc2c1c(=O)n(CCCCO[P+](=O)O)c(=O)n2C. The normalized spacial score (nSPS) is 13.4. The van der Waals surface area contributed by atoms with Crippen molar-refractivity contribution in [2.75, 3.05) is 13.7 Å². The van der Waals surface area contributed by atoms with Crippen molar-refractivity contribution in [3.05, 3.63) is 27.2 Å². The maximum atomic E-state index is 12.7. The highest BCUT2D eigenvalue weighted by Gasteiger charge is 2.18. The highest BCUT2D eigenvalue weighted by atomic mass is 31.1. The van der Waals surface area contributed by atoms with E-state index < -0.39 is 25.7 Å². The zero-order valence-electron chi connectivity index (χ0n) is 13.7. The fourth-order valence-electron chi connectivity index (χ4n) is 2.39. The lowest BCUT2D eigenvalue weighted by Gasteiger charge is -2.13. The predicted molar refractivity (Wildman–Crippen MR) is 86.0 cm³/mol. The molecule has 11 heteroatoms. The Morgan fingerprint density at radius 3 is 2.71 bits per heavy atom. The molecule has 0 bridgehead atoms. The van der Waals surface area contributed by atoms with Gasteiger partial charge in [-0.2, -0.15) is 0 Å². The third-order valence-electron chi connectivity index (χ3n) is 3.77. The van der Waals surface area contributed by atoms with Gasteiger partial charge in [-0.1, -0.05) is 0 Å². The summed E-state index contributed by atoms with van der Waals surface area (Å²) in [6.07, 6.45) is 1.97. The van der Waals surface area contributed by atoms with Gasteiger partial charge in [0, 0.05) is 25.3 Å². The Labute approximate surface area is 138 Å². The average Bonchev–Trinajstić information content (AvgIpc) is 2.99. The van der Waals surface area contributed by atoms with E-state index in [-0.39, 0.29) is 13.2 Å². The summed E-state index contributed by atoms with van der Waals surface area (Å²) in [6.45, 7) is 2.03. The summed E-state index contributed by atoms with van der Waals surface area (Å²) < 4.78 is 24.2. The van der Waals surface area contributed by atoms with Gasteiger partial charge in [0.15, 0.2) is 11.2 Å². The monoisotopic (exact) mass is 359 g/mol. The molecule has 0 aromatic carbocycles. The Morgan fingerprint density at radius 1 is 1.38 bits per heavy atom. The van der Waals surface area contributed by atoms with Crippen molar-refractivity contribution in [2.24, 2.45) is 7.05 Å². The fraction of sp³-hybridized carbons (Fsp3) is 0.615. The number of rotatable bonds is 8. The largest absolute Gasteiger partial charge is 0.694 e. The molecule has 2 heterocycles. The lowest BCUT2D eigenvalue weighted by molar-refractivity contribution is 0.0635. The minimum atomic E-state index is -2.63. The first-order valence-electron chi connectivity index (χ1n) is 7.36. The second-order valence-electron chi connectivity index (χ2n) is 5.24. The van der Waals surface area contributed by atoms with E-state index >= 15 is 0 Å². The van der Waals surface area contributed by atoms with E-state index in [9.17, 15) is 14.2 Å². The van der Waals surface area contributed by atoms with Crippen LogP contribution >= 0.6 is 8.25 Å². The number of aromatic nitrogens is 4. The second kappa shape index (κ2) is 7.80. The molecule has 1 N–H and O–H groups in total. The molecule has 24 heavy (non-hydrogen) atoms. The van der Waals surface area contributed by atoms with Crippen LogP contribution in [-0.4, -0.2) is 37.3 Å². The van der Waals surface area contributed by atoms with Crippen LogP contribution in [0.2, 0.25) is 0 Å². The van der Waals surface area contributed by atoms with E-state index in [2.05, 4.69) is 9.51 Å². The molecule has 0 fully saturated rings. The summed E-state index contributed by atoms with van der Waals surface area (Å²) in [7, 11) is 0.438. The van der Waals surface area contributed by atoms with Gasteiger partial charge >= 0.3 is 13.9 Å². The van der Waals surface area contributed by atoms with Gasteiger partial charge in [-0.3, -0.25) is 18.5 Å². The number of nitrogens with zero attached hydrogens (tertiary/aromatic N) is 4. The van der Waals surface area contributed by atoms with Crippen molar-refractivity contribution in [2.45, 2.75) is 32.5 Å². The van der Waals surface area contributed by atoms with Gasteiger partial charge in [-0.15, -0.1) is 9.42 Å². The van der Waals surface area contributed by atoms with Crippen LogP contribution in [-0.2, 0) is 27.4 Å². The van der Waals surface area contributed by atoms with Gasteiger partial charge in [0.2, 0.25) is 0 Å². The van der Waals surface area contributed by atoms with Crippen LogP contribution in [0.3, 0.4) is 0 Å². The maximum Gasteiger partial charge on any atom is 0.694 e. The minimum absolute atomic E-state index is 0.0850. The third kappa shape index (κ3) is 3.62. The van der Waals surface area contributed by atoms with Crippen molar-refractivity contribution < 1.29 is 18.7 Å². The number of methoxy groups -OCH3 is 1. The molecular weight excluding hydrogens is 339 g/mol. The second-order valence-corrected chi connectivity index (χ2v) is 5.97. The number of unbranched alkanes of at least 4 members (excludes halogenated alkanes) is 1. The lowest BCUT2D eigenvalue weighted by Crippen LogP contribution is -2.40. The first-order chi connectivity index (χ1) is 11.4. The first kappa shape index (κ1) is 18.5. The molecule has 0 saturated carbocycles. The van der Waals surface area contributed by atoms with Crippen LogP contribution in [0.5, 0.6) is 0 Å². The van der Waals surface area contributed by atoms with Gasteiger partial charge in [0.05, 0.1) is 6.33 Å². The first-order valence-corrected chi connectivity index (χ1v) is 8.49. The molecule has 2 aromatic heterocycles. The van der Waals surface area contributed by atoms with Gasteiger partial charge in [0.1, 0.15) is 12.8 Å². The molecule has 0 spiro atoms. The zero-order valence-corrected chi connectivity index (χ0v) is 14.6. The van der Waals surface area contributed by atoms with E-state index in [1.807, 2.05) is 0 Å².